The minimum absolute atomic E-state index is 0.588. The first-order valence-corrected chi connectivity index (χ1v) is 5.79. The normalized spacial score (nSPS) is 11.9. The molecule has 0 aliphatic heterocycles. The van der Waals surface area contributed by atoms with Crippen molar-refractivity contribution in [2.75, 3.05) is 6.61 Å². The Hall–Kier alpha value is -2.30. The molecule has 18 heavy (non-hydrogen) atoms. The summed E-state index contributed by atoms with van der Waals surface area (Å²) in [6, 6.07) is 7.82. The lowest BCUT2D eigenvalue weighted by Gasteiger charge is -1.95. The van der Waals surface area contributed by atoms with Gasteiger partial charge in [0, 0.05) is 12.4 Å². The molecule has 3 rings (SSSR count). The maximum atomic E-state index is 5.78. The van der Waals surface area contributed by atoms with Crippen LogP contribution in [0.25, 0.3) is 22.1 Å². The van der Waals surface area contributed by atoms with Gasteiger partial charge in [0.2, 0.25) is 0 Å². The molecule has 0 aliphatic carbocycles. The van der Waals surface area contributed by atoms with E-state index in [1.54, 1.807) is 4.68 Å². The second-order valence-corrected chi connectivity index (χ2v) is 3.91. The van der Waals surface area contributed by atoms with Crippen LogP contribution in [0.2, 0.25) is 0 Å². The maximum Gasteiger partial charge on any atom is 0.199 e. The number of ether oxygens (including phenoxy) is 1. The summed E-state index contributed by atoms with van der Waals surface area (Å²) in [6.07, 6.45) is 1.42. The zero-order valence-corrected chi connectivity index (χ0v) is 10.3. The van der Waals surface area contributed by atoms with Crippen LogP contribution in [0.5, 0.6) is 0 Å². The molecule has 0 fully saturated rings. The van der Waals surface area contributed by atoms with E-state index in [0.717, 1.165) is 16.5 Å². The number of aryl methyl sites for hydroxylation is 1. The molecular weight excluding hydrogens is 230 g/mol. The topological polar surface area (TPSA) is 52.6 Å². The van der Waals surface area contributed by atoms with E-state index in [4.69, 9.17) is 9.15 Å². The molecule has 0 N–H and O–H groups in total. The summed E-state index contributed by atoms with van der Waals surface area (Å²) in [7, 11) is 1.84. The summed E-state index contributed by atoms with van der Waals surface area (Å²) in [5.41, 5.74) is 2.34. The van der Waals surface area contributed by atoms with Gasteiger partial charge in [-0.2, -0.15) is 10.1 Å². The van der Waals surface area contributed by atoms with Crippen LogP contribution < -0.4 is 0 Å². The predicted molar refractivity (Wildman–Crippen MR) is 70.3 cm³/mol. The van der Waals surface area contributed by atoms with Crippen molar-refractivity contribution in [1.82, 2.24) is 9.78 Å². The van der Waals surface area contributed by atoms with Crippen LogP contribution in [0.15, 0.2) is 33.7 Å². The lowest BCUT2D eigenvalue weighted by molar-refractivity contribution is 0.343. The number of aromatic nitrogens is 2. The van der Waals surface area contributed by atoms with Crippen LogP contribution in [0, 0.1) is 0 Å². The van der Waals surface area contributed by atoms with Gasteiger partial charge in [-0.1, -0.05) is 12.1 Å². The SMILES string of the molecule is CCOC=Nc1c2oc3ccccc3c2nn1C. The Morgan fingerprint density at radius 2 is 2.28 bits per heavy atom. The highest BCUT2D eigenvalue weighted by Crippen LogP contribution is 2.33. The van der Waals surface area contributed by atoms with Gasteiger partial charge in [-0.3, -0.25) is 0 Å². The fourth-order valence-corrected chi connectivity index (χ4v) is 1.93. The second kappa shape index (κ2) is 4.18. The first-order chi connectivity index (χ1) is 8.81. The van der Waals surface area contributed by atoms with Gasteiger partial charge in [0.05, 0.1) is 6.61 Å². The molecule has 5 nitrogen and oxygen atoms in total. The van der Waals surface area contributed by atoms with Crippen molar-refractivity contribution in [1.29, 1.82) is 0 Å². The zero-order valence-electron chi connectivity index (χ0n) is 10.3. The van der Waals surface area contributed by atoms with Gasteiger partial charge in [-0.25, -0.2) is 4.68 Å². The summed E-state index contributed by atoms with van der Waals surface area (Å²) in [6.45, 7) is 2.50. The van der Waals surface area contributed by atoms with Crippen molar-refractivity contribution in [3.8, 4) is 0 Å². The summed E-state index contributed by atoms with van der Waals surface area (Å²) < 4.78 is 12.6. The number of fused-ring (bicyclic) bond motifs is 3. The van der Waals surface area contributed by atoms with Crippen LogP contribution >= 0.6 is 0 Å². The smallest absolute Gasteiger partial charge is 0.199 e. The Kier molecular flexibility index (Phi) is 2.51. The van der Waals surface area contributed by atoms with Gasteiger partial charge in [0.25, 0.3) is 0 Å². The Bertz CT molecular complexity index is 724. The van der Waals surface area contributed by atoms with Crippen LogP contribution in [0.3, 0.4) is 0 Å². The van der Waals surface area contributed by atoms with E-state index in [1.165, 1.54) is 6.40 Å². The molecule has 1 aromatic carbocycles. The van der Waals surface area contributed by atoms with Crippen LogP contribution in [0.4, 0.5) is 5.82 Å². The number of hydrogen-bond acceptors (Lipinski definition) is 4. The number of nitrogens with zero attached hydrogens (tertiary/aromatic N) is 3. The molecule has 0 aliphatic rings. The quantitative estimate of drug-likeness (QED) is 0.525. The number of furan rings is 1. The van der Waals surface area contributed by atoms with E-state index in [9.17, 15) is 0 Å². The number of rotatable bonds is 3. The lowest BCUT2D eigenvalue weighted by Crippen LogP contribution is -1.90. The van der Waals surface area contributed by atoms with E-state index in [1.807, 2.05) is 38.2 Å². The molecule has 5 heteroatoms. The maximum absolute atomic E-state index is 5.78. The molecule has 92 valence electrons. The number of benzene rings is 1. The Labute approximate surface area is 104 Å². The molecule has 0 unspecified atom stereocenters. The van der Waals surface area contributed by atoms with Crippen molar-refractivity contribution in [3.05, 3.63) is 24.3 Å². The summed E-state index contributed by atoms with van der Waals surface area (Å²) >= 11 is 0. The van der Waals surface area contributed by atoms with Crippen LogP contribution in [0.1, 0.15) is 6.92 Å². The first-order valence-electron chi connectivity index (χ1n) is 5.79. The van der Waals surface area contributed by atoms with Crippen molar-refractivity contribution in [2.24, 2.45) is 12.0 Å². The second-order valence-electron chi connectivity index (χ2n) is 3.91. The minimum Gasteiger partial charge on any atom is -0.483 e. The molecular formula is C13H13N3O2. The molecule has 0 saturated carbocycles. The van der Waals surface area contributed by atoms with Gasteiger partial charge < -0.3 is 9.15 Å². The fraction of sp³-hybridized carbons (Fsp3) is 0.231. The van der Waals surface area contributed by atoms with Crippen molar-refractivity contribution in [3.63, 3.8) is 0 Å². The molecule has 2 aromatic heterocycles. The van der Waals surface area contributed by atoms with Gasteiger partial charge in [-0.15, -0.1) is 0 Å². The monoisotopic (exact) mass is 243 g/mol. The van der Waals surface area contributed by atoms with Gasteiger partial charge in [0.15, 0.2) is 17.8 Å². The highest BCUT2D eigenvalue weighted by Gasteiger charge is 2.15. The van der Waals surface area contributed by atoms with E-state index >= 15 is 0 Å². The summed E-state index contributed by atoms with van der Waals surface area (Å²) in [5, 5.41) is 5.43. The average molecular weight is 243 g/mol. The molecule has 0 amide bonds. The van der Waals surface area contributed by atoms with E-state index in [-0.39, 0.29) is 0 Å². The average Bonchev–Trinajstić information content (AvgIpc) is 2.87. The standard InChI is InChI=1S/C13H13N3O2/c1-3-17-8-14-13-12-11(15-16(13)2)9-6-4-5-7-10(9)18-12/h4-8H,3H2,1-2H3. The van der Waals surface area contributed by atoms with Crippen molar-refractivity contribution < 1.29 is 9.15 Å². The van der Waals surface area contributed by atoms with Crippen LogP contribution in [-0.2, 0) is 11.8 Å². The Balaban J connectivity index is 2.21. The summed E-state index contributed by atoms with van der Waals surface area (Å²) in [4.78, 5) is 4.24. The Morgan fingerprint density at radius 3 is 3.11 bits per heavy atom. The van der Waals surface area contributed by atoms with E-state index in [2.05, 4.69) is 10.1 Å². The molecule has 0 spiro atoms. The number of hydrogen-bond donors (Lipinski definition) is 0. The van der Waals surface area contributed by atoms with Gasteiger partial charge >= 0.3 is 0 Å². The highest BCUT2D eigenvalue weighted by atomic mass is 16.5. The Morgan fingerprint density at radius 1 is 1.44 bits per heavy atom. The van der Waals surface area contributed by atoms with Gasteiger partial charge in [-0.05, 0) is 19.1 Å². The molecule has 0 atom stereocenters. The van der Waals surface area contributed by atoms with Crippen molar-refractivity contribution >= 4 is 34.3 Å². The third-order valence-corrected chi connectivity index (χ3v) is 2.75. The fourth-order valence-electron chi connectivity index (χ4n) is 1.93. The number of aliphatic imine (C=N–C) groups is 1. The number of para-hydroxylation sites is 1. The molecule has 0 radical (unpaired) electrons. The minimum atomic E-state index is 0.588. The van der Waals surface area contributed by atoms with E-state index < -0.39 is 0 Å². The zero-order chi connectivity index (χ0) is 12.5. The largest absolute Gasteiger partial charge is 0.483 e. The van der Waals surface area contributed by atoms with Crippen LogP contribution in [-0.4, -0.2) is 22.8 Å². The highest BCUT2D eigenvalue weighted by molar-refractivity contribution is 6.05. The summed E-state index contributed by atoms with van der Waals surface area (Å²) in [5.74, 6) is 0.662. The first kappa shape index (κ1) is 10.8. The molecule has 0 bridgehead atoms. The third-order valence-electron chi connectivity index (χ3n) is 2.75. The lowest BCUT2D eigenvalue weighted by atomic mass is 10.2. The predicted octanol–water partition coefficient (Wildman–Crippen LogP) is 3.02. The van der Waals surface area contributed by atoms with Crippen molar-refractivity contribution in [2.45, 2.75) is 6.92 Å². The molecule has 0 saturated heterocycles. The van der Waals surface area contributed by atoms with Gasteiger partial charge in [0.1, 0.15) is 11.1 Å². The molecule has 3 aromatic rings. The molecule has 2 heterocycles. The third kappa shape index (κ3) is 1.55. The van der Waals surface area contributed by atoms with E-state index in [0.29, 0.717) is 18.0 Å².